The number of Topliss-reactive ketones (excluding diaryl/α,β-unsaturated/α-hetero) is 1. The summed E-state index contributed by atoms with van der Waals surface area (Å²) in [6.45, 7) is 15.3. The van der Waals surface area contributed by atoms with Crippen LogP contribution in [0.3, 0.4) is 0 Å². The molecule has 4 amide bonds. The Hall–Kier alpha value is -2.22. The van der Waals surface area contributed by atoms with Gasteiger partial charge in [0.15, 0.2) is 0 Å². The highest BCUT2D eigenvalue weighted by Gasteiger charge is 2.46. The van der Waals surface area contributed by atoms with Crippen LogP contribution in [-0.2, 0) is 23.9 Å². The van der Waals surface area contributed by atoms with Gasteiger partial charge in [-0.3, -0.25) is 19.2 Å². The Balaban J connectivity index is 2.31. The smallest absolute Gasteiger partial charge is 0.408 e. The lowest BCUT2D eigenvalue weighted by Gasteiger charge is -2.36. The number of carbonyl (C=O) groups excluding carboxylic acids is 5. The maximum atomic E-state index is 14.0. The van der Waals surface area contributed by atoms with Crippen molar-refractivity contribution in [3.05, 3.63) is 0 Å². The first-order valence-corrected chi connectivity index (χ1v) is 14.7. The molecule has 0 aromatic rings. The number of alkyl carbamates (subject to hydrolysis) is 1. The maximum Gasteiger partial charge on any atom is 0.408 e. The molecule has 0 aromatic heterocycles. The molecule has 1 aliphatic carbocycles. The first-order valence-electron chi connectivity index (χ1n) is 14.1. The van der Waals surface area contributed by atoms with E-state index in [4.69, 9.17) is 4.74 Å². The Labute approximate surface area is 235 Å². The molecule has 1 saturated carbocycles. The summed E-state index contributed by atoms with van der Waals surface area (Å²) < 4.78 is 5.41. The lowest BCUT2D eigenvalue weighted by atomic mass is 9.80. The molecule has 5 atom stereocenters. The fourth-order valence-corrected chi connectivity index (χ4v) is 5.43. The zero-order valence-corrected chi connectivity index (χ0v) is 26.0. The second kappa shape index (κ2) is 13.4. The van der Waals surface area contributed by atoms with Crippen LogP contribution in [0.1, 0.15) is 93.9 Å². The van der Waals surface area contributed by atoms with Gasteiger partial charge < -0.3 is 25.4 Å². The first kappa shape index (κ1) is 33.0. The van der Waals surface area contributed by atoms with E-state index >= 15 is 0 Å². The van der Waals surface area contributed by atoms with Gasteiger partial charge in [0, 0.05) is 6.54 Å². The van der Waals surface area contributed by atoms with Crippen LogP contribution in [0.5, 0.6) is 0 Å². The summed E-state index contributed by atoms with van der Waals surface area (Å²) >= 11 is 0. The third-order valence-corrected chi connectivity index (χ3v) is 7.60. The number of ether oxygens (including phenoxy) is 1. The van der Waals surface area contributed by atoms with Crippen molar-refractivity contribution in [1.82, 2.24) is 20.6 Å². The van der Waals surface area contributed by atoms with Crippen molar-refractivity contribution in [3.63, 3.8) is 0 Å². The van der Waals surface area contributed by atoms with Crippen LogP contribution in [0.4, 0.5) is 4.79 Å². The molecule has 2 aliphatic rings. The highest BCUT2D eigenvalue weighted by Crippen LogP contribution is 2.33. The van der Waals surface area contributed by atoms with Crippen LogP contribution in [-0.4, -0.2) is 64.8 Å². The monoisotopic (exact) mass is 568 g/mol. The molecule has 1 heterocycles. The van der Waals surface area contributed by atoms with Crippen molar-refractivity contribution in [1.29, 1.82) is 0 Å². The molecule has 0 aromatic carbocycles. The SMILES string of the molecule is CC(C)C[C@@H]1C[C@@H](C(=O)NC(CC2CCC2)C(=O)C(=O)NP)N(C(=O)[C@@H](NC(=O)OC(C)(C)C)C(C)(C)C)C1. The van der Waals surface area contributed by atoms with Crippen LogP contribution in [0.25, 0.3) is 0 Å². The van der Waals surface area contributed by atoms with E-state index in [1.807, 2.05) is 30.2 Å². The van der Waals surface area contributed by atoms with E-state index in [0.717, 1.165) is 25.7 Å². The number of nitrogens with one attached hydrogen (secondary N) is 3. The van der Waals surface area contributed by atoms with Crippen LogP contribution in [0.2, 0.25) is 0 Å². The molecule has 11 heteroatoms. The standard InChI is InChI=1S/C28H49N4O6P/c1-16(2)12-18-14-20(23(34)29-19(13-17-10-9-11-17)21(33)24(35)31-39)32(15-18)25(36)22(27(3,4)5)30-26(37)38-28(6,7)8/h16-20,22H,9-15,39H2,1-8H3,(H,29,34)(H,30,37)(H,31,35)/t18-,19?,20+,22-/m1/s1. The molecule has 1 saturated heterocycles. The number of likely N-dealkylation sites (tertiary alicyclic amines) is 1. The van der Waals surface area contributed by atoms with Crippen LogP contribution in [0.15, 0.2) is 0 Å². The minimum Gasteiger partial charge on any atom is -0.444 e. The van der Waals surface area contributed by atoms with Crippen molar-refractivity contribution in [2.75, 3.05) is 6.54 Å². The van der Waals surface area contributed by atoms with Gasteiger partial charge in [-0.05, 0) is 72.6 Å². The summed E-state index contributed by atoms with van der Waals surface area (Å²) in [5, 5.41) is 7.83. The van der Waals surface area contributed by atoms with Crippen LogP contribution < -0.4 is 15.7 Å². The average molecular weight is 569 g/mol. The molecule has 39 heavy (non-hydrogen) atoms. The minimum atomic E-state index is -0.956. The van der Waals surface area contributed by atoms with Gasteiger partial charge in [0.05, 0.1) is 6.04 Å². The fraction of sp³-hybridized carbons (Fsp3) is 0.821. The van der Waals surface area contributed by atoms with E-state index in [9.17, 15) is 24.0 Å². The van der Waals surface area contributed by atoms with Gasteiger partial charge in [0.2, 0.25) is 17.6 Å². The molecule has 0 spiro atoms. The highest BCUT2D eigenvalue weighted by atomic mass is 31.0. The summed E-state index contributed by atoms with van der Waals surface area (Å²) in [7, 11) is 2.02. The van der Waals surface area contributed by atoms with Gasteiger partial charge in [-0.2, -0.15) is 0 Å². The number of rotatable bonds is 10. The topological polar surface area (TPSA) is 134 Å². The third-order valence-electron chi connectivity index (χ3n) is 7.33. The van der Waals surface area contributed by atoms with E-state index < -0.39 is 52.8 Å². The summed E-state index contributed by atoms with van der Waals surface area (Å²) in [4.78, 5) is 66.8. The number of hydrogen-bond donors (Lipinski definition) is 3. The Kier molecular flexibility index (Phi) is 11.4. The molecule has 2 fully saturated rings. The van der Waals surface area contributed by atoms with Gasteiger partial charge in [-0.15, -0.1) is 0 Å². The number of amides is 4. The van der Waals surface area contributed by atoms with Crippen molar-refractivity contribution in [3.8, 4) is 0 Å². The van der Waals surface area contributed by atoms with Crippen molar-refractivity contribution >= 4 is 39.0 Å². The molecule has 1 aliphatic heterocycles. The second-order valence-corrected chi connectivity index (χ2v) is 13.9. The normalized spacial score (nSPS) is 21.5. The first-order chi connectivity index (χ1) is 17.9. The maximum absolute atomic E-state index is 14.0. The summed E-state index contributed by atoms with van der Waals surface area (Å²) in [5.74, 6) is -1.57. The number of carbonyl (C=O) groups is 5. The molecule has 10 nitrogen and oxygen atoms in total. The zero-order valence-electron chi connectivity index (χ0n) is 24.9. The Morgan fingerprint density at radius 1 is 0.949 bits per heavy atom. The van der Waals surface area contributed by atoms with E-state index in [1.165, 1.54) is 4.90 Å². The van der Waals surface area contributed by atoms with Gasteiger partial charge in [0.25, 0.3) is 5.91 Å². The van der Waals surface area contributed by atoms with Gasteiger partial charge in [0.1, 0.15) is 17.7 Å². The highest BCUT2D eigenvalue weighted by molar-refractivity contribution is 7.15. The Morgan fingerprint density at radius 3 is 2.03 bits per heavy atom. The third kappa shape index (κ3) is 9.73. The molecule has 0 bridgehead atoms. The molecular weight excluding hydrogens is 519 g/mol. The second-order valence-electron chi connectivity index (χ2n) is 13.6. The van der Waals surface area contributed by atoms with E-state index in [0.29, 0.717) is 25.3 Å². The van der Waals surface area contributed by atoms with Crippen molar-refractivity contribution in [2.45, 2.75) is 118 Å². The largest absolute Gasteiger partial charge is 0.444 e. The van der Waals surface area contributed by atoms with E-state index in [1.54, 1.807) is 20.8 Å². The van der Waals surface area contributed by atoms with Crippen LogP contribution >= 0.6 is 9.39 Å². The molecular formula is C28H49N4O6P. The predicted molar refractivity (Wildman–Crippen MR) is 152 cm³/mol. The molecule has 0 radical (unpaired) electrons. The molecule has 222 valence electrons. The average Bonchev–Trinajstić information content (AvgIpc) is 3.18. The van der Waals surface area contributed by atoms with E-state index in [2.05, 4.69) is 29.6 Å². The lowest BCUT2D eigenvalue weighted by molar-refractivity contribution is -0.144. The minimum absolute atomic E-state index is 0.0861. The summed E-state index contributed by atoms with van der Waals surface area (Å²) in [6, 6.07) is -2.71. The van der Waals surface area contributed by atoms with Gasteiger partial charge >= 0.3 is 6.09 Å². The zero-order chi connectivity index (χ0) is 29.7. The molecule has 2 unspecified atom stereocenters. The quantitative estimate of drug-likeness (QED) is 0.273. The number of hydrogen-bond acceptors (Lipinski definition) is 6. The Bertz CT molecular complexity index is 922. The van der Waals surface area contributed by atoms with Gasteiger partial charge in [-0.1, -0.05) is 53.9 Å². The van der Waals surface area contributed by atoms with Gasteiger partial charge in [-0.25, -0.2) is 4.79 Å². The van der Waals surface area contributed by atoms with E-state index in [-0.39, 0.29) is 17.7 Å². The molecule has 2 rings (SSSR count). The van der Waals surface area contributed by atoms with Crippen molar-refractivity contribution in [2.24, 2.45) is 23.2 Å². The summed E-state index contributed by atoms with van der Waals surface area (Å²) in [6.07, 6.45) is 3.93. The molecule has 3 N–H and O–H groups in total. The predicted octanol–water partition coefficient (Wildman–Crippen LogP) is 3.34. The van der Waals surface area contributed by atoms with Crippen molar-refractivity contribution < 1.29 is 28.7 Å². The lowest BCUT2D eigenvalue weighted by Crippen LogP contribution is -2.59. The number of ketones is 1. The Morgan fingerprint density at radius 2 is 1.56 bits per heavy atom. The van der Waals surface area contributed by atoms with Crippen LogP contribution in [0, 0.1) is 23.2 Å². The fourth-order valence-electron chi connectivity index (χ4n) is 5.28. The summed E-state index contributed by atoms with van der Waals surface area (Å²) in [5.41, 5.74) is -1.40. The number of nitrogens with zero attached hydrogens (tertiary/aromatic N) is 1.